The lowest BCUT2D eigenvalue weighted by Gasteiger charge is -2.28. The minimum atomic E-state index is -1.43. The van der Waals surface area contributed by atoms with Crippen molar-refractivity contribution in [3.63, 3.8) is 0 Å². The molecule has 0 aliphatic rings. The van der Waals surface area contributed by atoms with Crippen LogP contribution in [0.3, 0.4) is 0 Å². The summed E-state index contributed by atoms with van der Waals surface area (Å²) >= 11 is 0. The fourth-order valence-electron chi connectivity index (χ4n) is 1.18. The Morgan fingerprint density at radius 3 is 2.12 bits per heavy atom. The second-order valence-corrected chi connectivity index (χ2v) is 5.09. The highest BCUT2D eigenvalue weighted by atomic mass is 16.6. The number of aliphatic hydroxyl groups excluding tert-OH is 1. The fraction of sp³-hybridized carbons (Fsp3) is 0.818. The highest BCUT2D eigenvalue weighted by molar-refractivity contribution is 5.83. The molecule has 0 aliphatic heterocycles. The van der Waals surface area contributed by atoms with Gasteiger partial charge >= 0.3 is 12.1 Å². The van der Waals surface area contributed by atoms with E-state index in [9.17, 15) is 9.59 Å². The number of carbonyl (C=O) groups is 2. The van der Waals surface area contributed by atoms with E-state index in [1.165, 1.54) is 6.92 Å². The number of aliphatic carboxylic acids is 1. The monoisotopic (exact) mass is 247 g/mol. The molecule has 0 rings (SSSR count). The normalized spacial score (nSPS) is 14.9. The maximum absolute atomic E-state index is 11.5. The van der Waals surface area contributed by atoms with Gasteiger partial charge in [-0.2, -0.15) is 0 Å². The quantitative estimate of drug-likeness (QED) is 0.676. The molecule has 1 amide bonds. The van der Waals surface area contributed by atoms with E-state index in [0.717, 1.165) is 0 Å². The van der Waals surface area contributed by atoms with Crippen molar-refractivity contribution in [3.8, 4) is 0 Å². The number of alkyl carbamates (subject to hydrolysis) is 1. The van der Waals surface area contributed by atoms with Crippen LogP contribution in [0, 0.1) is 0 Å². The van der Waals surface area contributed by atoms with E-state index in [2.05, 4.69) is 5.32 Å². The van der Waals surface area contributed by atoms with Crippen LogP contribution in [-0.4, -0.2) is 40.0 Å². The van der Waals surface area contributed by atoms with Gasteiger partial charge in [0.15, 0.2) is 0 Å². The van der Waals surface area contributed by atoms with Gasteiger partial charge in [-0.15, -0.1) is 0 Å². The summed E-state index contributed by atoms with van der Waals surface area (Å²) in [5.74, 6) is -1.16. The topological polar surface area (TPSA) is 95.9 Å². The summed E-state index contributed by atoms with van der Waals surface area (Å²) < 4.78 is 4.99. The Morgan fingerprint density at radius 1 is 1.24 bits per heavy atom. The van der Waals surface area contributed by atoms with Crippen LogP contribution in [0.25, 0.3) is 0 Å². The number of hydrogen-bond acceptors (Lipinski definition) is 4. The Bertz CT molecular complexity index is 284. The van der Waals surface area contributed by atoms with Crippen molar-refractivity contribution in [1.29, 1.82) is 0 Å². The van der Waals surface area contributed by atoms with Gasteiger partial charge in [-0.25, -0.2) is 9.59 Å². The number of nitrogens with one attached hydrogen (secondary N) is 1. The summed E-state index contributed by atoms with van der Waals surface area (Å²) in [6, 6.07) is 0. The second-order valence-electron chi connectivity index (χ2n) is 5.09. The van der Waals surface area contributed by atoms with Gasteiger partial charge in [0.05, 0.1) is 0 Å². The molecule has 0 radical (unpaired) electrons. The van der Waals surface area contributed by atoms with Gasteiger partial charge in [0, 0.05) is 6.61 Å². The number of carboxylic acids is 1. The Labute approximate surface area is 101 Å². The molecule has 0 bridgehead atoms. The summed E-state index contributed by atoms with van der Waals surface area (Å²) in [6.07, 6.45) is -0.350. The lowest BCUT2D eigenvalue weighted by atomic mass is 9.96. The molecule has 0 spiro atoms. The van der Waals surface area contributed by atoms with Gasteiger partial charge in [-0.05, 0) is 40.5 Å². The smallest absolute Gasteiger partial charge is 0.408 e. The third-order valence-corrected chi connectivity index (χ3v) is 2.08. The minimum Gasteiger partial charge on any atom is -0.480 e. The molecular formula is C11H21NO5. The zero-order valence-electron chi connectivity index (χ0n) is 10.7. The second kappa shape index (κ2) is 5.86. The van der Waals surface area contributed by atoms with E-state index in [-0.39, 0.29) is 13.0 Å². The molecule has 0 aromatic heterocycles. The molecule has 1 atom stereocenters. The lowest BCUT2D eigenvalue weighted by molar-refractivity contribution is -0.144. The molecule has 0 aromatic rings. The van der Waals surface area contributed by atoms with Crippen molar-refractivity contribution >= 4 is 12.1 Å². The molecular weight excluding hydrogens is 226 g/mol. The molecule has 6 nitrogen and oxygen atoms in total. The lowest BCUT2D eigenvalue weighted by Crippen LogP contribution is -2.53. The molecule has 0 aliphatic carbocycles. The van der Waals surface area contributed by atoms with Crippen molar-refractivity contribution in [2.45, 2.75) is 51.7 Å². The fourth-order valence-corrected chi connectivity index (χ4v) is 1.18. The number of amides is 1. The average molecular weight is 247 g/mol. The molecule has 0 saturated carbocycles. The number of carbonyl (C=O) groups excluding carboxylic acids is 1. The van der Waals surface area contributed by atoms with E-state index in [1.807, 2.05) is 0 Å². The number of hydrogen-bond donors (Lipinski definition) is 3. The Morgan fingerprint density at radius 2 is 1.76 bits per heavy atom. The standard InChI is InChI=1S/C11H21NO5/c1-10(2,3)17-9(16)12-11(4,8(14)15)6-5-7-13/h13H,5-7H2,1-4H3,(H,12,16)(H,14,15). The summed E-state index contributed by atoms with van der Waals surface area (Å²) in [5.41, 5.74) is -2.11. The molecule has 100 valence electrons. The van der Waals surface area contributed by atoms with Crippen LogP contribution in [0.2, 0.25) is 0 Å². The van der Waals surface area contributed by atoms with Crippen molar-refractivity contribution < 1.29 is 24.5 Å². The predicted molar refractivity (Wildman–Crippen MR) is 61.7 cm³/mol. The first kappa shape index (κ1) is 15.7. The number of rotatable bonds is 5. The van der Waals surface area contributed by atoms with Crippen LogP contribution in [0.5, 0.6) is 0 Å². The van der Waals surface area contributed by atoms with Gasteiger partial charge < -0.3 is 20.3 Å². The van der Waals surface area contributed by atoms with Crippen LogP contribution in [0.1, 0.15) is 40.5 Å². The molecule has 0 fully saturated rings. The van der Waals surface area contributed by atoms with Gasteiger partial charge in [0.25, 0.3) is 0 Å². The average Bonchev–Trinajstić information content (AvgIpc) is 2.11. The maximum atomic E-state index is 11.5. The molecule has 0 saturated heterocycles. The molecule has 17 heavy (non-hydrogen) atoms. The van der Waals surface area contributed by atoms with Crippen LogP contribution in [0.15, 0.2) is 0 Å². The Hall–Kier alpha value is -1.30. The van der Waals surface area contributed by atoms with Gasteiger partial charge in [-0.3, -0.25) is 0 Å². The summed E-state index contributed by atoms with van der Waals surface area (Å²) in [7, 11) is 0. The first-order valence-electron chi connectivity index (χ1n) is 5.46. The number of aliphatic hydroxyl groups is 1. The van der Waals surface area contributed by atoms with Gasteiger partial charge in [-0.1, -0.05) is 0 Å². The molecule has 0 heterocycles. The number of carboxylic acid groups (broad SMARTS) is 1. The number of ether oxygens (including phenoxy) is 1. The van der Waals surface area contributed by atoms with Gasteiger partial charge in [0.1, 0.15) is 11.1 Å². The summed E-state index contributed by atoms with van der Waals surface area (Å²) in [5, 5.41) is 20.1. The third kappa shape index (κ3) is 6.11. The first-order chi connectivity index (χ1) is 7.60. The van der Waals surface area contributed by atoms with Crippen LogP contribution in [-0.2, 0) is 9.53 Å². The minimum absolute atomic E-state index is 0.126. The van der Waals surface area contributed by atoms with E-state index >= 15 is 0 Å². The van der Waals surface area contributed by atoms with E-state index in [1.54, 1.807) is 20.8 Å². The zero-order valence-corrected chi connectivity index (χ0v) is 10.7. The summed E-state index contributed by atoms with van der Waals surface area (Å²) in [6.45, 7) is 6.34. The largest absolute Gasteiger partial charge is 0.480 e. The molecule has 1 unspecified atom stereocenters. The van der Waals surface area contributed by atoms with E-state index < -0.39 is 23.2 Å². The van der Waals surface area contributed by atoms with E-state index in [4.69, 9.17) is 14.9 Å². The molecule has 0 aromatic carbocycles. The third-order valence-electron chi connectivity index (χ3n) is 2.08. The predicted octanol–water partition coefficient (Wildman–Crippen LogP) is 1.13. The SMILES string of the molecule is CC(C)(C)OC(=O)NC(C)(CCCO)C(=O)O. The highest BCUT2D eigenvalue weighted by Crippen LogP contribution is 2.14. The van der Waals surface area contributed by atoms with Crippen molar-refractivity contribution in [3.05, 3.63) is 0 Å². The Kier molecular flexibility index (Phi) is 5.41. The zero-order chi connectivity index (χ0) is 13.7. The van der Waals surface area contributed by atoms with Crippen LogP contribution in [0.4, 0.5) is 4.79 Å². The van der Waals surface area contributed by atoms with Crippen LogP contribution < -0.4 is 5.32 Å². The van der Waals surface area contributed by atoms with Crippen molar-refractivity contribution in [1.82, 2.24) is 5.32 Å². The molecule has 6 heteroatoms. The van der Waals surface area contributed by atoms with Gasteiger partial charge in [0.2, 0.25) is 0 Å². The highest BCUT2D eigenvalue weighted by Gasteiger charge is 2.35. The maximum Gasteiger partial charge on any atom is 0.408 e. The summed E-state index contributed by atoms with van der Waals surface area (Å²) in [4.78, 5) is 22.6. The van der Waals surface area contributed by atoms with E-state index in [0.29, 0.717) is 6.42 Å². The van der Waals surface area contributed by atoms with Crippen LogP contribution >= 0.6 is 0 Å². The first-order valence-corrected chi connectivity index (χ1v) is 5.46. The van der Waals surface area contributed by atoms with Crippen molar-refractivity contribution in [2.24, 2.45) is 0 Å². The Balaban J connectivity index is 4.55. The van der Waals surface area contributed by atoms with Crippen molar-refractivity contribution in [2.75, 3.05) is 6.61 Å². The molecule has 3 N–H and O–H groups in total.